The summed E-state index contributed by atoms with van der Waals surface area (Å²) in [6, 6.07) is 28.2. The van der Waals surface area contributed by atoms with E-state index in [9.17, 15) is 19.2 Å². The van der Waals surface area contributed by atoms with Crippen LogP contribution in [0.25, 0.3) is 33.2 Å². The second-order valence-electron chi connectivity index (χ2n) is 13.7. The molecule has 13 nitrogen and oxygen atoms in total. The number of nitrogens with zero attached hydrogens (tertiary/aromatic N) is 7. The molecule has 7 aromatic rings. The van der Waals surface area contributed by atoms with Crippen molar-refractivity contribution in [3.05, 3.63) is 138 Å². The first-order valence-electron chi connectivity index (χ1n) is 17.2. The monoisotopic (exact) mass is 701 g/mol. The quantitative estimate of drug-likeness (QED) is 0.213. The average molecular weight is 702 g/mol. The maximum atomic E-state index is 13.3. The standard InChI is InChI=1S/C29H29N5O2.C10H14N4O2/c1-20(2)18-33-27-25(28(35)32(3)29(33)36)26(30-24-12-8-5-9-13-24)34(31-27)19-21-14-16-23(17-15-21)22-10-6-4-7-11-22;1-6(2)5-14-8-7(4-11-12-8)9(15)13(3)10(14)16/h4-17,20,30H,18-19H2,1-3H3;4,6H,5H2,1-3H3,(H,11,12). The molecule has 0 aliphatic rings. The van der Waals surface area contributed by atoms with Gasteiger partial charge in [0.25, 0.3) is 11.1 Å². The number of nitrogens with one attached hydrogen (secondary N) is 2. The van der Waals surface area contributed by atoms with E-state index in [-0.39, 0.29) is 28.4 Å². The van der Waals surface area contributed by atoms with E-state index < -0.39 is 0 Å². The lowest BCUT2D eigenvalue weighted by atomic mass is 10.0. The zero-order valence-corrected chi connectivity index (χ0v) is 30.2. The van der Waals surface area contributed by atoms with Gasteiger partial charge in [-0.05, 0) is 40.7 Å². The Morgan fingerprint density at radius 1 is 0.692 bits per heavy atom. The summed E-state index contributed by atoms with van der Waals surface area (Å²) in [6.07, 6.45) is 1.45. The molecule has 0 fully saturated rings. The third-order valence-electron chi connectivity index (χ3n) is 8.69. The van der Waals surface area contributed by atoms with E-state index in [0.717, 1.165) is 26.9 Å². The van der Waals surface area contributed by atoms with Crippen molar-refractivity contribution >= 4 is 33.6 Å². The number of hydrogen-bond acceptors (Lipinski definition) is 7. The number of fused-ring (bicyclic) bond motifs is 2. The van der Waals surface area contributed by atoms with Crippen molar-refractivity contribution in [2.75, 3.05) is 5.32 Å². The van der Waals surface area contributed by atoms with Gasteiger partial charge in [-0.1, -0.05) is 100 Å². The van der Waals surface area contributed by atoms with Gasteiger partial charge in [0.2, 0.25) is 0 Å². The molecule has 0 bridgehead atoms. The summed E-state index contributed by atoms with van der Waals surface area (Å²) in [6.45, 7) is 9.58. The van der Waals surface area contributed by atoms with Crippen molar-refractivity contribution in [1.29, 1.82) is 0 Å². The van der Waals surface area contributed by atoms with Crippen LogP contribution in [0, 0.1) is 11.8 Å². The molecule has 0 atom stereocenters. The molecule has 7 rings (SSSR count). The Kier molecular flexibility index (Phi) is 10.2. The van der Waals surface area contributed by atoms with Gasteiger partial charge in [0.1, 0.15) is 22.2 Å². The molecule has 4 aromatic heterocycles. The van der Waals surface area contributed by atoms with E-state index >= 15 is 0 Å². The van der Waals surface area contributed by atoms with Crippen LogP contribution in [0.4, 0.5) is 11.5 Å². The van der Waals surface area contributed by atoms with Gasteiger partial charge in [-0.3, -0.25) is 33.0 Å². The highest BCUT2D eigenvalue weighted by Crippen LogP contribution is 2.26. The van der Waals surface area contributed by atoms with Gasteiger partial charge in [0, 0.05) is 32.9 Å². The average Bonchev–Trinajstić information content (AvgIpc) is 3.77. The van der Waals surface area contributed by atoms with Crippen molar-refractivity contribution in [3.8, 4) is 11.1 Å². The molecule has 52 heavy (non-hydrogen) atoms. The Morgan fingerprint density at radius 2 is 1.25 bits per heavy atom. The summed E-state index contributed by atoms with van der Waals surface area (Å²) in [5.41, 5.74) is 3.72. The van der Waals surface area contributed by atoms with Crippen LogP contribution < -0.4 is 27.8 Å². The first kappa shape index (κ1) is 35.6. The van der Waals surface area contributed by atoms with Crippen LogP contribution in [0.3, 0.4) is 0 Å². The van der Waals surface area contributed by atoms with Gasteiger partial charge in [-0.2, -0.15) is 10.2 Å². The molecule has 0 unspecified atom stereocenters. The van der Waals surface area contributed by atoms with Crippen LogP contribution in [0.5, 0.6) is 0 Å². The Labute approximate surface area is 299 Å². The zero-order valence-electron chi connectivity index (χ0n) is 30.2. The fourth-order valence-electron chi connectivity index (χ4n) is 6.12. The lowest BCUT2D eigenvalue weighted by Gasteiger charge is -2.12. The minimum atomic E-state index is -0.362. The van der Waals surface area contributed by atoms with Crippen molar-refractivity contribution in [3.63, 3.8) is 0 Å². The van der Waals surface area contributed by atoms with E-state index in [1.165, 1.54) is 24.9 Å². The lowest BCUT2D eigenvalue weighted by molar-refractivity contribution is 0.498. The first-order valence-corrected chi connectivity index (χ1v) is 17.2. The molecule has 0 spiro atoms. The molecular formula is C39H43N9O4. The van der Waals surface area contributed by atoms with Crippen molar-refractivity contribution in [2.45, 2.75) is 47.3 Å². The maximum absolute atomic E-state index is 13.3. The number of rotatable bonds is 9. The summed E-state index contributed by atoms with van der Waals surface area (Å²) < 4.78 is 7.22. The second kappa shape index (κ2) is 14.9. The predicted molar refractivity (Wildman–Crippen MR) is 205 cm³/mol. The van der Waals surface area contributed by atoms with Crippen LogP contribution in [-0.2, 0) is 33.7 Å². The SMILES string of the molecule is CC(C)Cn1c(=O)n(C)c(=O)c2c(Nc3ccccc3)n(Cc3ccc(-c4ccccc4)cc3)nc21.CC(C)Cn1c(=O)n(C)c(=O)c2cn[nH]c21. The van der Waals surface area contributed by atoms with Gasteiger partial charge in [0.05, 0.1) is 12.7 Å². The van der Waals surface area contributed by atoms with Gasteiger partial charge < -0.3 is 5.32 Å². The van der Waals surface area contributed by atoms with Crippen LogP contribution in [0.1, 0.15) is 33.3 Å². The van der Waals surface area contributed by atoms with E-state index in [2.05, 4.69) is 51.9 Å². The highest BCUT2D eigenvalue weighted by Gasteiger charge is 2.22. The number of para-hydroxylation sites is 1. The highest BCUT2D eigenvalue weighted by molar-refractivity contribution is 5.89. The molecule has 0 aliphatic carbocycles. The fraction of sp³-hybridized carbons (Fsp3) is 0.282. The molecule has 0 saturated heterocycles. The third-order valence-corrected chi connectivity index (χ3v) is 8.69. The second-order valence-corrected chi connectivity index (χ2v) is 13.7. The van der Waals surface area contributed by atoms with Crippen LogP contribution >= 0.6 is 0 Å². The molecular weight excluding hydrogens is 658 g/mol. The summed E-state index contributed by atoms with van der Waals surface area (Å²) in [4.78, 5) is 50.0. The van der Waals surface area contributed by atoms with Gasteiger partial charge in [0.15, 0.2) is 5.65 Å². The Hall–Kier alpha value is -6.24. The Balaban J connectivity index is 0.000000242. The number of anilines is 2. The minimum Gasteiger partial charge on any atom is -0.340 e. The number of benzene rings is 3. The normalized spacial score (nSPS) is 11.4. The molecule has 3 aromatic carbocycles. The predicted octanol–water partition coefficient (Wildman–Crippen LogP) is 5.09. The molecule has 13 heteroatoms. The molecule has 268 valence electrons. The topological polar surface area (TPSA) is 147 Å². The molecule has 2 N–H and O–H groups in total. The van der Waals surface area contributed by atoms with Crippen LogP contribution in [-0.4, -0.2) is 38.2 Å². The molecule has 4 heterocycles. The van der Waals surface area contributed by atoms with Crippen molar-refractivity contribution in [2.24, 2.45) is 25.9 Å². The van der Waals surface area contributed by atoms with Crippen LogP contribution in [0.15, 0.2) is 110 Å². The van der Waals surface area contributed by atoms with Crippen LogP contribution in [0.2, 0.25) is 0 Å². The van der Waals surface area contributed by atoms with Gasteiger partial charge >= 0.3 is 11.4 Å². The van der Waals surface area contributed by atoms with Gasteiger partial charge in [-0.25, -0.2) is 14.3 Å². The summed E-state index contributed by atoms with van der Waals surface area (Å²) in [7, 11) is 3.00. The molecule has 0 radical (unpaired) electrons. The maximum Gasteiger partial charge on any atom is 0.332 e. The summed E-state index contributed by atoms with van der Waals surface area (Å²) in [5.74, 6) is 1.10. The smallest absolute Gasteiger partial charge is 0.332 e. The number of H-pyrrole nitrogens is 1. The van der Waals surface area contributed by atoms with E-state index in [1.54, 1.807) is 13.8 Å². The number of hydrogen-bond donors (Lipinski definition) is 2. The Bertz CT molecular complexity index is 2570. The zero-order chi connectivity index (χ0) is 37.1. The molecule has 0 amide bonds. The highest BCUT2D eigenvalue weighted by atomic mass is 16.2. The lowest BCUT2D eigenvalue weighted by Crippen LogP contribution is -2.38. The number of aromatic nitrogens is 8. The summed E-state index contributed by atoms with van der Waals surface area (Å²) in [5, 5.41) is 15.6. The third kappa shape index (κ3) is 7.15. The largest absolute Gasteiger partial charge is 0.340 e. The van der Waals surface area contributed by atoms with Crippen molar-refractivity contribution < 1.29 is 0 Å². The number of aromatic amines is 1. The van der Waals surface area contributed by atoms with E-state index in [1.807, 2.05) is 76.2 Å². The Morgan fingerprint density at radius 3 is 1.88 bits per heavy atom. The van der Waals surface area contributed by atoms with E-state index in [0.29, 0.717) is 53.4 Å². The van der Waals surface area contributed by atoms with E-state index in [4.69, 9.17) is 5.10 Å². The first-order chi connectivity index (χ1) is 24.9. The fourth-order valence-corrected chi connectivity index (χ4v) is 6.12. The minimum absolute atomic E-state index is 0.213. The van der Waals surface area contributed by atoms with Crippen molar-refractivity contribution in [1.82, 2.24) is 38.2 Å². The van der Waals surface area contributed by atoms with Gasteiger partial charge in [-0.15, -0.1) is 0 Å². The molecule has 0 aliphatic heterocycles. The molecule has 0 saturated carbocycles. The summed E-state index contributed by atoms with van der Waals surface area (Å²) >= 11 is 0.